The van der Waals surface area contributed by atoms with Gasteiger partial charge >= 0.3 is 6.01 Å². The lowest BCUT2D eigenvalue weighted by atomic mass is 9.96. The Morgan fingerprint density at radius 3 is 2.35 bits per heavy atom. The Morgan fingerprint density at radius 1 is 0.941 bits per heavy atom. The molecular weight excluding hydrogens is 440 g/mol. The molecule has 1 aromatic heterocycles. The maximum atomic E-state index is 12.8. The zero-order valence-corrected chi connectivity index (χ0v) is 19.7. The predicted molar refractivity (Wildman–Crippen MR) is 126 cm³/mol. The Hall–Kier alpha value is -3.95. The molecule has 0 atom stereocenters. The number of piperidine rings is 1. The minimum atomic E-state index is -0.128. The number of benzene rings is 2. The molecule has 180 valence electrons. The van der Waals surface area contributed by atoms with Crippen molar-refractivity contribution in [2.24, 2.45) is 5.92 Å². The van der Waals surface area contributed by atoms with Gasteiger partial charge in [0.25, 0.3) is 0 Å². The van der Waals surface area contributed by atoms with E-state index in [1.165, 1.54) is 0 Å². The van der Waals surface area contributed by atoms with Gasteiger partial charge in [-0.25, -0.2) is 0 Å². The van der Waals surface area contributed by atoms with Crippen molar-refractivity contribution in [2.75, 3.05) is 51.7 Å². The number of carbonyl (C=O) groups excluding carboxylic acids is 1. The van der Waals surface area contributed by atoms with Crippen LogP contribution in [0.15, 0.2) is 40.9 Å². The predicted octanol–water partition coefficient (Wildman–Crippen LogP) is 3.63. The quantitative estimate of drug-likeness (QED) is 0.530. The molecule has 1 amide bonds. The molecule has 0 radical (unpaired) electrons. The maximum absolute atomic E-state index is 12.8. The zero-order chi connectivity index (χ0) is 24.1. The summed E-state index contributed by atoms with van der Waals surface area (Å²) in [6.45, 7) is 1.26. The number of anilines is 2. The number of hydrogen-bond acceptors (Lipinski definition) is 9. The van der Waals surface area contributed by atoms with E-state index in [-0.39, 0.29) is 11.8 Å². The van der Waals surface area contributed by atoms with Gasteiger partial charge in [0.15, 0.2) is 11.5 Å². The molecule has 1 aliphatic rings. The molecule has 4 rings (SSSR count). The van der Waals surface area contributed by atoms with E-state index in [1.54, 1.807) is 58.8 Å². The SMILES string of the molecule is COc1ccc(NC(=O)C2CCN(c3nc(-c4ccc(OC)c(OC)c4)no3)CC2)c(OC)c1. The van der Waals surface area contributed by atoms with Crippen molar-refractivity contribution >= 4 is 17.6 Å². The van der Waals surface area contributed by atoms with E-state index < -0.39 is 0 Å². The maximum Gasteiger partial charge on any atom is 0.324 e. The summed E-state index contributed by atoms with van der Waals surface area (Å²) in [6.07, 6.45) is 1.33. The standard InChI is InChI=1S/C24H28N4O6/c1-30-17-6-7-18(20(14-17)32-3)25-23(29)15-9-11-28(12-10-15)24-26-22(27-34-24)16-5-8-19(31-2)21(13-16)33-4/h5-8,13-15H,9-12H2,1-4H3,(H,25,29). The topological polar surface area (TPSA) is 108 Å². The molecule has 1 saturated heterocycles. The highest BCUT2D eigenvalue weighted by Crippen LogP contribution is 2.33. The molecular formula is C24H28N4O6. The first-order valence-corrected chi connectivity index (χ1v) is 10.9. The second-order valence-electron chi connectivity index (χ2n) is 7.79. The van der Waals surface area contributed by atoms with Crippen LogP contribution in [0.1, 0.15) is 12.8 Å². The van der Waals surface area contributed by atoms with Gasteiger partial charge in [-0.15, -0.1) is 0 Å². The number of amides is 1. The summed E-state index contributed by atoms with van der Waals surface area (Å²) in [5.41, 5.74) is 1.38. The lowest BCUT2D eigenvalue weighted by Gasteiger charge is -2.29. The molecule has 3 aromatic rings. The first-order chi connectivity index (χ1) is 16.6. The Bertz CT molecular complexity index is 1140. The fourth-order valence-corrected chi connectivity index (χ4v) is 3.91. The average Bonchev–Trinajstić information content (AvgIpc) is 3.39. The minimum absolute atomic E-state index is 0.0420. The number of nitrogens with zero attached hydrogens (tertiary/aromatic N) is 3. The average molecular weight is 469 g/mol. The normalized spacial score (nSPS) is 13.9. The number of nitrogens with one attached hydrogen (secondary N) is 1. The summed E-state index contributed by atoms with van der Waals surface area (Å²) >= 11 is 0. The van der Waals surface area contributed by atoms with Gasteiger partial charge in [-0.3, -0.25) is 4.79 Å². The fraction of sp³-hybridized carbons (Fsp3) is 0.375. The highest BCUT2D eigenvalue weighted by atomic mass is 16.5. The van der Waals surface area contributed by atoms with E-state index in [1.807, 2.05) is 11.0 Å². The van der Waals surface area contributed by atoms with Gasteiger partial charge in [0, 0.05) is 30.6 Å². The number of ether oxygens (including phenoxy) is 4. The lowest BCUT2D eigenvalue weighted by molar-refractivity contribution is -0.120. The molecule has 1 fully saturated rings. The van der Waals surface area contributed by atoms with Crippen molar-refractivity contribution < 1.29 is 28.3 Å². The number of rotatable bonds is 8. The highest BCUT2D eigenvalue weighted by Gasteiger charge is 2.28. The van der Waals surface area contributed by atoms with Gasteiger partial charge in [0.2, 0.25) is 11.7 Å². The van der Waals surface area contributed by atoms with E-state index >= 15 is 0 Å². The third-order valence-electron chi connectivity index (χ3n) is 5.86. The van der Waals surface area contributed by atoms with E-state index in [4.69, 9.17) is 23.5 Å². The van der Waals surface area contributed by atoms with Crippen molar-refractivity contribution in [3.05, 3.63) is 36.4 Å². The summed E-state index contributed by atoms with van der Waals surface area (Å²) < 4.78 is 26.7. The Balaban J connectivity index is 1.37. The first kappa shape index (κ1) is 23.2. The van der Waals surface area contributed by atoms with Gasteiger partial charge in [0.05, 0.1) is 34.1 Å². The van der Waals surface area contributed by atoms with E-state index in [2.05, 4.69) is 15.5 Å². The van der Waals surface area contributed by atoms with Crippen molar-refractivity contribution in [3.63, 3.8) is 0 Å². The molecule has 10 heteroatoms. The molecule has 1 aliphatic heterocycles. The Morgan fingerprint density at radius 2 is 1.68 bits per heavy atom. The van der Waals surface area contributed by atoms with Crippen LogP contribution in [0.3, 0.4) is 0 Å². The molecule has 2 aromatic carbocycles. The van der Waals surface area contributed by atoms with Crippen LogP contribution in [-0.2, 0) is 4.79 Å². The third kappa shape index (κ3) is 4.85. The molecule has 0 aliphatic carbocycles. The lowest BCUT2D eigenvalue weighted by Crippen LogP contribution is -2.38. The summed E-state index contributed by atoms with van der Waals surface area (Å²) in [5.74, 6) is 2.72. The molecule has 0 bridgehead atoms. The Kier molecular flexibility index (Phi) is 7.05. The number of hydrogen-bond donors (Lipinski definition) is 1. The van der Waals surface area contributed by atoms with E-state index in [0.29, 0.717) is 66.5 Å². The van der Waals surface area contributed by atoms with Crippen LogP contribution in [-0.4, -0.2) is 57.6 Å². The van der Waals surface area contributed by atoms with Gasteiger partial charge in [-0.2, -0.15) is 4.98 Å². The van der Waals surface area contributed by atoms with Gasteiger partial charge < -0.3 is 33.7 Å². The first-order valence-electron chi connectivity index (χ1n) is 10.9. The summed E-state index contributed by atoms with van der Waals surface area (Å²) in [4.78, 5) is 19.4. The van der Waals surface area contributed by atoms with Crippen molar-refractivity contribution in [1.29, 1.82) is 0 Å². The third-order valence-corrected chi connectivity index (χ3v) is 5.86. The van der Waals surface area contributed by atoms with Crippen LogP contribution in [0.2, 0.25) is 0 Å². The van der Waals surface area contributed by atoms with Crippen LogP contribution < -0.4 is 29.2 Å². The monoisotopic (exact) mass is 468 g/mol. The molecule has 2 heterocycles. The number of aromatic nitrogens is 2. The summed E-state index contributed by atoms with van der Waals surface area (Å²) in [6, 6.07) is 11.2. The molecule has 34 heavy (non-hydrogen) atoms. The molecule has 0 saturated carbocycles. The summed E-state index contributed by atoms with van der Waals surface area (Å²) in [5, 5.41) is 7.08. The van der Waals surface area contributed by atoms with Crippen LogP contribution in [0.4, 0.5) is 11.7 Å². The van der Waals surface area contributed by atoms with E-state index in [9.17, 15) is 4.79 Å². The van der Waals surface area contributed by atoms with Crippen LogP contribution >= 0.6 is 0 Å². The van der Waals surface area contributed by atoms with Gasteiger partial charge in [-0.05, 0) is 43.2 Å². The minimum Gasteiger partial charge on any atom is -0.497 e. The molecule has 0 unspecified atom stereocenters. The summed E-state index contributed by atoms with van der Waals surface area (Å²) in [7, 11) is 6.31. The highest BCUT2D eigenvalue weighted by molar-refractivity contribution is 5.94. The Labute approximate surface area is 197 Å². The molecule has 10 nitrogen and oxygen atoms in total. The number of methoxy groups -OCH3 is 4. The largest absolute Gasteiger partial charge is 0.497 e. The van der Waals surface area contributed by atoms with E-state index in [0.717, 1.165) is 5.56 Å². The second kappa shape index (κ2) is 10.3. The van der Waals surface area contributed by atoms with Crippen molar-refractivity contribution in [2.45, 2.75) is 12.8 Å². The van der Waals surface area contributed by atoms with Crippen LogP contribution in [0, 0.1) is 5.92 Å². The van der Waals surface area contributed by atoms with Crippen LogP contribution in [0.5, 0.6) is 23.0 Å². The fourth-order valence-electron chi connectivity index (χ4n) is 3.91. The van der Waals surface area contributed by atoms with Gasteiger partial charge in [-0.1, -0.05) is 5.16 Å². The van der Waals surface area contributed by atoms with Gasteiger partial charge in [0.1, 0.15) is 11.5 Å². The van der Waals surface area contributed by atoms with Crippen molar-refractivity contribution in [1.82, 2.24) is 10.1 Å². The smallest absolute Gasteiger partial charge is 0.324 e. The molecule has 0 spiro atoms. The van der Waals surface area contributed by atoms with Crippen LogP contribution in [0.25, 0.3) is 11.4 Å². The zero-order valence-electron chi connectivity index (χ0n) is 19.7. The van der Waals surface area contributed by atoms with Crippen molar-refractivity contribution in [3.8, 4) is 34.4 Å². The second-order valence-corrected chi connectivity index (χ2v) is 7.79. The molecule has 1 N–H and O–H groups in total. The number of carbonyl (C=O) groups is 1.